The first-order valence-electron chi connectivity index (χ1n) is 8.14. The Balaban J connectivity index is 2.15. The standard InChI is InChI=1S/C19H21N3O5/c1-12-5-6-14(13(2)7-12)9-19(23)21-20-11-15-8-17(26-3)18(27-4)10-16(15)22(24)25/h5-8,10-11H,9H2,1-4H3,(H,21,23)/b20-11+. The Morgan fingerprint density at radius 3 is 2.44 bits per heavy atom. The lowest BCUT2D eigenvalue weighted by molar-refractivity contribution is -0.385. The fourth-order valence-corrected chi connectivity index (χ4v) is 2.58. The van der Waals surface area contributed by atoms with Crippen LogP contribution >= 0.6 is 0 Å². The van der Waals surface area contributed by atoms with Crippen LogP contribution in [0.3, 0.4) is 0 Å². The van der Waals surface area contributed by atoms with Crippen LogP contribution in [0, 0.1) is 24.0 Å². The third-order valence-electron chi connectivity index (χ3n) is 3.97. The molecule has 0 aliphatic heterocycles. The van der Waals surface area contributed by atoms with E-state index in [1.165, 1.54) is 32.6 Å². The zero-order valence-electron chi connectivity index (χ0n) is 15.6. The van der Waals surface area contributed by atoms with Crippen molar-refractivity contribution in [1.29, 1.82) is 0 Å². The number of rotatable bonds is 7. The summed E-state index contributed by atoms with van der Waals surface area (Å²) >= 11 is 0. The summed E-state index contributed by atoms with van der Waals surface area (Å²) < 4.78 is 10.2. The van der Waals surface area contributed by atoms with Crippen LogP contribution in [0.1, 0.15) is 22.3 Å². The first kappa shape index (κ1) is 19.9. The Hall–Kier alpha value is -3.42. The second-order valence-electron chi connectivity index (χ2n) is 5.92. The van der Waals surface area contributed by atoms with Crippen LogP contribution in [0.15, 0.2) is 35.4 Å². The second kappa shape index (κ2) is 8.79. The fraction of sp³-hybridized carbons (Fsp3) is 0.263. The molecule has 8 heteroatoms. The van der Waals surface area contributed by atoms with E-state index >= 15 is 0 Å². The quantitative estimate of drug-likeness (QED) is 0.458. The van der Waals surface area contributed by atoms with Gasteiger partial charge in [0, 0.05) is 0 Å². The van der Waals surface area contributed by atoms with E-state index in [-0.39, 0.29) is 29.3 Å². The molecule has 0 radical (unpaired) electrons. The molecule has 0 aromatic heterocycles. The molecule has 2 aromatic carbocycles. The van der Waals surface area contributed by atoms with E-state index < -0.39 is 4.92 Å². The lowest BCUT2D eigenvalue weighted by Crippen LogP contribution is -2.20. The van der Waals surface area contributed by atoms with Gasteiger partial charge in [0.1, 0.15) is 0 Å². The minimum absolute atomic E-state index is 0.164. The van der Waals surface area contributed by atoms with E-state index in [1.807, 2.05) is 32.0 Å². The molecular weight excluding hydrogens is 350 g/mol. The zero-order valence-corrected chi connectivity index (χ0v) is 15.6. The Morgan fingerprint density at radius 2 is 1.85 bits per heavy atom. The van der Waals surface area contributed by atoms with Gasteiger partial charge in [-0.3, -0.25) is 14.9 Å². The number of carbonyl (C=O) groups is 1. The molecule has 1 N–H and O–H groups in total. The van der Waals surface area contributed by atoms with Gasteiger partial charge in [-0.25, -0.2) is 5.43 Å². The highest BCUT2D eigenvalue weighted by molar-refractivity contribution is 5.88. The highest BCUT2D eigenvalue weighted by Gasteiger charge is 2.18. The lowest BCUT2D eigenvalue weighted by Gasteiger charge is -2.08. The van der Waals surface area contributed by atoms with Crippen LogP contribution in [0.2, 0.25) is 0 Å². The summed E-state index contributed by atoms with van der Waals surface area (Å²) in [5.41, 5.74) is 5.40. The summed E-state index contributed by atoms with van der Waals surface area (Å²) in [6.45, 7) is 3.92. The molecule has 0 aliphatic carbocycles. The van der Waals surface area contributed by atoms with E-state index in [2.05, 4.69) is 10.5 Å². The molecule has 0 heterocycles. The normalized spacial score (nSPS) is 10.7. The molecule has 8 nitrogen and oxygen atoms in total. The van der Waals surface area contributed by atoms with Crippen molar-refractivity contribution in [3.8, 4) is 11.5 Å². The molecule has 0 bridgehead atoms. The number of aryl methyl sites for hydroxylation is 2. The number of methoxy groups -OCH3 is 2. The predicted octanol–water partition coefficient (Wildman–Crippen LogP) is 2.92. The van der Waals surface area contributed by atoms with Gasteiger partial charge in [0.2, 0.25) is 5.91 Å². The number of benzene rings is 2. The van der Waals surface area contributed by atoms with Gasteiger partial charge in [-0.05, 0) is 31.0 Å². The number of ether oxygens (including phenoxy) is 2. The second-order valence-corrected chi connectivity index (χ2v) is 5.92. The number of nitrogens with one attached hydrogen (secondary N) is 1. The average molecular weight is 371 g/mol. The van der Waals surface area contributed by atoms with Crippen molar-refractivity contribution in [1.82, 2.24) is 5.43 Å². The molecule has 2 aromatic rings. The van der Waals surface area contributed by atoms with E-state index in [0.717, 1.165) is 16.7 Å². The summed E-state index contributed by atoms with van der Waals surface area (Å²) in [5, 5.41) is 15.1. The molecule has 0 aliphatic rings. The first-order valence-corrected chi connectivity index (χ1v) is 8.14. The third kappa shape index (κ3) is 5.04. The summed E-state index contributed by atoms with van der Waals surface area (Å²) in [5.74, 6) is 0.243. The Labute approximate surface area is 157 Å². The zero-order chi connectivity index (χ0) is 20.0. The number of hydrogen-bond acceptors (Lipinski definition) is 6. The topological polar surface area (TPSA) is 103 Å². The van der Waals surface area contributed by atoms with Crippen molar-refractivity contribution in [2.24, 2.45) is 5.10 Å². The highest BCUT2D eigenvalue weighted by atomic mass is 16.6. The van der Waals surface area contributed by atoms with Crippen LogP contribution < -0.4 is 14.9 Å². The van der Waals surface area contributed by atoms with Crippen LogP contribution in [0.25, 0.3) is 0 Å². The van der Waals surface area contributed by atoms with Crippen LogP contribution in [-0.4, -0.2) is 31.3 Å². The molecule has 0 atom stereocenters. The number of hydrogen-bond donors (Lipinski definition) is 1. The van der Waals surface area contributed by atoms with Gasteiger partial charge in [0.05, 0.1) is 43.4 Å². The molecule has 0 fully saturated rings. The molecule has 0 spiro atoms. The molecule has 142 valence electrons. The molecule has 0 unspecified atom stereocenters. The number of hydrazone groups is 1. The number of nitrogens with zero attached hydrogens (tertiary/aromatic N) is 2. The van der Waals surface area contributed by atoms with E-state index in [1.54, 1.807) is 0 Å². The van der Waals surface area contributed by atoms with E-state index in [0.29, 0.717) is 5.75 Å². The van der Waals surface area contributed by atoms with Gasteiger partial charge >= 0.3 is 0 Å². The molecular formula is C19H21N3O5. The van der Waals surface area contributed by atoms with Gasteiger partial charge in [0.15, 0.2) is 11.5 Å². The van der Waals surface area contributed by atoms with Gasteiger partial charge < -0.3 is 9.47 Å². The number of nitro groups is 1. The number of nitro benzene ring substituents is 1. The smallest absolute Gasteiger partial charge is 0.282 e. The molecule has 0 saturated heterocycles. The minimum Gasteiger partial charge on any atom is -0.493 e. The van der Waals surface area contributed by atoms with Crippen LogP contribution in [0.4, 0.5) is 5.69 Å². The van der Waals surface area contributed by atoms with Gasteiger partial charge in [-0.15, -0.1) is 0 Å². The van der Waals surface area contributed by atoms with Gasteiger partial charge in [0.25, 0.3) is 5.69 Å². The van der Waals surface area contributed by atoms with Crippen molar-refractivity contribution in [2.75, 3.05) is 14.2 Å². The summed E-state index contributed by atoms with van der Waals surface area (Å²) in [6, 6.07) is 8.51. The highest BCUT2D eigenvalue weighted by Crippen LogP contribution is 2.33. The SMILES string of the molecule is COc1cc(/C=N/NC(=O)Cc2ccc(C)cc2C)c([N+](=O)[O-])cc1OC. The minimum atomic E-state index is -0.555. The van der Waals surface area contributed by atoms with Crippen molar-refractivity contribution < 1.29 is 19.2 Å². The van der Waals surface area contributed by atoms with Crippen LogP contribution in [0.5, 0.6) is 11.5 Å². The van der Waals surface area contributed by atoms with Gasteiger partial charge in [-0.1, -0.05) is 23.8 Å². The molecule has 1 amide bonds. The maximum absolute atomic E-state index is 12.1. The fourth-order valence-electron chi connectivity index (χ4n) is 2.58. The Morgan fingerprint density at radius 1 is 1.19 bits per heavy atom. The predicted molar refractivity (Wildman–Crippen MR) is 102 cm³/mol. The summed E-state index contributed by atoms with van der Waals surface area (Å²) in [7, 11) is 2.82. The number of carbonyl (C=O) groups excluding carboxylic acids is 1. The van der Waals surface area contributed by atoms with Crippen molar-refractivity contribution in [2.45, 2.75) is 20.3 Å². The monoisotopic (exact) mass is 371 g/mol. The average Bonchev–Trinajstić information content (AvgIpc) is 2.63. The molecule has 0 saturated carbocycles. The van der Waals surface area contributed by atoms with Crippen molar-refractivity contribution in [3.63, 3.8) is 0 Å². The molecule has 27 heavy (non-hydrogen) atoms. The lowest BCUT2D eigenvalue weighted by atomic mass is 10.0. The maximum atomic E-state index is 12.1. The Kier molecular flexibility index (Phi) is 6.48. The van der Waals surface area contributed by atoms with Crippen molar-refractivity contribution >= 4 is 17.8 Å². The largest absolute Gasteiger partial charge is 0.493 e. The van der Waals surface area contributed by atoms with E-state index in [9.17, 15) is 14.9 Å². The molecule has 2 rings (SSSR count). The van der Waals surface area contributed by atoms with Crippen LogP contribution in [-0.2, 0) is 11.2 Å². The van der Waals surface area contributed by atoms with Crippen molar-refractivity contribution in [3.05, 3.63) is 62.7 Å². The third-order valence-corrected chi connectivity index (χ3v) is 3.97. The van der Waals surface area contributed by atoms with E-state index in [4.69, 9.17) is 9.47 Å². The maximum Gasteiger partial charge on any atom is 0.282 e. The first-order chi connectivity index (χ1) is 12.8. The summed E-state index contributed by atoms with van der Waals surface area (Å²) in [6.07, 6.45) is 1.37. The Bertz CT molecular complexity index is 893. The number of amides is 1. The van der Waals surface area contributed by atoms with Gasteiger partial charge in [-0.2, -0.15) is 5.10 Å². The summed E-state index contributed by atoms with van der Waals surface area (Å²) in [4.78, 5) is 22.8.